The molecule has 64 valence electrons. The zero-order valence-corrected chi connectivity index (χ0v) is 8.43. The third-order valence-corrected chi connectivity index (χ3v) is 2.61. The number of hydrogen-bond acceptors (Lipinski definition) is 0. The molecule has 1 aromatic heterocycles. The number of aromatic nitrogens is 1. The van der Waals surface area contributed by atoms with Crippen molar-refractivity contribution in [1.82, 2.24) is 4.98 Å². The zero-order valence-electron chi connectivity index (χ0n) is 6.84. The van der Waals surface area contributed by atoms with Gasteiger partial charge in [-0.3, -0.25) is 0 Å². The van der Waals surface area contributed by atoms with E-state index >= 15 is 0 Å². The predicted octanol–water partition coefficient (Wildman–Crippen LogP) is 3.35. The Morgan fingerprint density at radius 2 is 2.31 bits per heavy atom. The normalized spacial score (nSPS) is 10.2. The smallest absolute Gasteiger partial charge is 0.239 e. The highest BCUT2D eigenvalue weighted by Crippen LogP contribution is 2.24. The summed E-state index contributed by atoms with van der Waals surface area (Å²) in [5.41, 5.74) is 2.16. The van der Waals surface area contributed by atoms with Crippen molar-refractivity contribution in [3.8, 4) is 0 Å². The van der Waals surface area contributed by atoms with Crippen LogP contribution in [0.25, 0.3) is 15.7 Å². The number of fused-ring (bicyclic) bond motifs is 1. The molecule has 13 heavy (non-hydrogen) atoms. The van der Waals surface area contributed by atoms with E-state index in [9.17, 15) is 0 Å². The van der Waals surface area contributed by atoms with Crippen molar-refractivity contribution in [2.24, 2.45) is 0 Å². The fraction of sp³-hybridized carbons (Fsp3) is 0.100. The van der Waals surface area contributed by atoms with Crippen molar-refractivity contribution < 1.29 is 0 Å². The van der Waals surface area contributed by atoms with E-state index in [1.807, 2.05) is 24.4 Å². The molecule has 2 nitrogen and oxygen atoms in total. The topological polar surface area (TPSA) is 20.1 Å². The molecule has 0 amide bonds. The van der Waals surface area contributed by atoms with Crippen molar-refractivity contribution in [1.29, 1.82) is 0 Å². The highest BCUT2D eigenvalue weighted by atomic mass is 79.9. The van der Waals surface area contributed by atoms with Crippen LogP contribution in [-0.4, -0.2) is 4.98 Å². The lowest BCUT2D eigenvalue weighted by atomic mass is 10.1. The van der Waals surface area contributed by atoms with Gasteiger partial charge in [0.25, 0.3) is 0 Å². The van der Waals surface area contributed by atoms with Crippen LogP contribution in [0.3, 0.4) is 0 Å². The third kappa shape index (κ3) is 1.45. The molecule has 2 aromatic rings. The van der Waals surface area contributed by atoms with E-state index < -0.39 is 0 Å². The number of rotatable bonds is 1. The summed E-state index contributed by atoms with van der Waals surface area (Å²) in [5, 5.41) is 1.14. The van der Waals surface area contributed by atoms with Crippen LogP contribution in [0.1, 0.15) is 5.56 Å². The Morgan fingerprint density at radius 1 is 1.46 bits per heavy atom. The fourth-order valence-electron chi connectivity index (χ4n) is 1.32. The molecule has 0 aliphatic rings. The Kier molecular flexibility index (Phi) is 2.07. The predicted molar refractivity (Wildman–Crippen MR) is 56.3 cm³/mol. The van der Waals surface area contributed by atoms with Gasteiger partial charge in [0.15, 0.2) is 0 Å². The molecule has 0 saturated carbocycles. The van der Waals surface area contributed by atoms with Gasteiger partial charge in [0.2, 0.25) is 6.54 Å². The largest absolute Gasteiger partial charge is 0.360 e. The van der Waals surface area contributed by atoms with Crippen LogP contribution in [-0.2, 0) is 6.54 Å². The van der Waals surface area contributed by atoms with E-state index in [0.29, 0.717) is 6.54 Å². The maximum Gasteiger partial charge on any atom is 0.239 e. The lowest BCUT2D eigenvalue weighted by molar-refractivity contribution is 1.28. The monoisotopic (exact) mass is 234 g/mol. The van der Waals surface area contributed by atoms with Crippen LogP contribution in [0.2, 0.25) is 0 Å². The number of aromatic amines is 1. The van der Waals surface area contributed by atoms with Gasteiger partial charge in [0, 0.05) is 27.1 Å². The van der Waals surface area contributed by atoms with Gasteiger partial charge in [-0.15, -0.1) is 0 Å². The summed E-state index contributed by atoms with van der Waals surface area (Å²) in [7, 11) is 0. The summed E-state index contributed by atoms with van der Waals surface area (Å²) in [5.74, 6) is 0. The quantitative estimate of drug-likeness (QED) is 0.731. The van der Waals surface area contributed by atoms with Gasteiger partial charge in [0.05, 0.1) is 0 Å². The Morgan fingerprint density at radius 3 is 3.08 bits per heavy atom. The standard InChI is InChI=1S/C10H7BrN2/c1-12-5-7-2-3-10-8(4-7)9(11)6-13-10/h2-4,6,13H,5H2. The van der Waals surface area contributed by atoms with E-state index in [1.165, 1.54) is 0 Å². The zero-order chi connectivity index (χ0) is 9.26. The molecule has 0 aliphatic heterocycles. The second-order valence-corrected chi connectivity index (χ2v) is 3.69. The third-order valence-electron chi connectivity index (χ3n) is 1.96. The Bertz CT molecular complexity index is 479. The molecule has 0 radical (unpaired) electrons. The van der Waals surface area contributed by atoms with Gasteiger partial charge in [0.1, 0.15) is 0 Å². The van der Waals surface area contributed by atoms with E-state index in [-0.39, 0.29) is 0 Å². The lowest BCUT2D eigenvalue weighted by Crippen LogP contribution is -1.78. The van der Waals surface area contributed by atoms with Gasteiger partial charge in [-0.1, -0.05) is 0 Å². The van der Waals surface area contributed by atoms with Crippen LogP contribution in [0.4, 0.5) is 0 Å². The molecular weight excluding hydrogens is 228 g/mol. The van der Waals surface area contributed by atoms with Gasteiger partial charge >= 0.3 is 0 Å². The van der Waals surface area contributed by atoms with Crippen LogP contribution >= 0.6 is 15.9 Å². The molecule has 0 spiro atoms. The number of H-pyrrole nitrogens is 1. The molecule has 3 heteroatoms. The molecule has 0 atom stereocenters. The first-order chi connectivity index (χ1) is 6.31. The Labute approximate surface area is 84.5 Å². The van der Waals surface area contributed by atoms with Crippen LogP contribution in [0, 0.1) is 6.57 Å². The molecule has 0 unspecified atom stereocenters. The van der Waals surface area contributed by atoms with Crippen molar-refractivity contribution in [2.45, 2.75) is 6.54 Å². The highest BCUT2D eigenvalue weighted by Gasteiger charge is 2.02. The summed E-state index contributed by atoms with van der Waals surface area (Å²) < 4.78 is 1.05. The van der Waals surface area contributed by atoms with E-state index in [0.717, 1.165) is 20.9 Å². The van der Waals surface area contributed by atoms with Crippen LogP contribution in [0.5, 0.6) is 0 Å². The Balaban J connectivity index is 2.60. The lowest BCUT2D eigenvalue weighted by Gasteiger charge is -1.93. The van der Waals surface area contributed by atoms with Gasteiger partial charge in [-0.05, 0) is 34.1 Å². The maximum atomic E-state index is 6.77. The number of nitrogens with zero attached hydrogens (tertiary/aromatic N) is 1. The molecular formula is C10H7BrN2. The molecule has 0 bridgehead atoms. The van der Waals surface area contributed by atoms with Crippen molar-refractivity contribution in [2.75, 3.05) is 0 Å². The number of benzene rings is 1. The molecule has 2 rings (SSSR count). The van der Waals surface area contributed by atoms with Gasteiger partial charge < -0.3 is 9.83 Å². The van der Waals surface area contributed by atoms with Crippen molar-refractivity contribution in [3.63, 3.8) is 0 Å². The first-order valence-corrected chi connectivity index (χ1v) is 4.69. The first-order valence-electron chi connectivity index (χ1n) is 3.90. The summed E-state index contributed by atoms with van der Waals surface area (Å²) in [4.78, 5) is 6.48. The second-order valence-electron chi connectivity index (χ2n) is 2.83. The first kappa shape index (κ1) is 8.33. The summed E-state index contributed by atoms with van der Waals surface area (Å²) in [6.45, 7) is 7.22. The molecule has 1 heterocycles. The molecule has 0 aliphatic carbocycles. The molecule has 0 saturated heterocycles. The van der Waals surface area contributed by atoms with E-state index in [2.05, 4.69) is 25.8 Å². The minimum absolute atomic E-state index is 0.452. The van der Waals surface area contributed by atoms with Crippen LogP contribution in [0.15, 0.2) is 28.9 Å². The highest BCUT2D eigenvalue weighted by molar-refractivity contribution is 9.10. The summed E-state index contributed by atoms with van der Waals surface area (Å²) in [6.07, 6.45) is 1.91. The Hall–Kier alpha value is -1.27. The second kappa shape index (κ2) is 3.23. The molecule has 0 fully saturated rings. The van der Waals surface area contributed by atoms with Gasteiger partial charge in [-0.2, -0.15) is 0 Å². The SMILES string of the molecule is [C-]#[N+]Cc1ccc2[nH]cc(Br)c2c1. The summed E-state index contributed by atoms with van der Waals surface area (Å²) in [6, 6.07) is 6.01. The molecule has 1 aromatic carbocycles. The van der Waals surface area contributed by atoms with E-state index in [4.69, 9.17) is 6.57 Å². The summed E-state index contributed by atoms with van der Waals surface area (Å²) >= 11 is 3.44. The minimum Gasteiger partial charge on any atom is -0.360 e. The number of hydrogen-bond donors (Lipinski definition) is 1. The van der Waals surface area contributed by atoms with Crippen molar-refractivity contribution in [3.05, 3.63) is 45.8 Å². The van der Waals surface area contributed by atoms with E-state index in [1.54, 1.807) is 0 Å². The van der Waals surface area contributed by atoms with Crippen LogP contribution < -0.4 is 0 Å². The average molecular weight is 235 g/mol. The van der Waals surface area contributed by atoms with Crippen molar-refractivity contribution >= 4 is 26.8 Å². The fourth-order valence-corrected chi connectivity index (χ4v) is 1.77. The number of nitrogens with one attached hydrogen (secondary N) is 1. The number of halogens is 1. The molecule has 1 N–H and O–H groups in total. The average Bonchev–Trinajstić information content (AvgIpc) is 2.49. The van der Waals surface area contributed by atoms with Gasteiger partial charge in [-0.25, -0.2) is 6.57 Å². The maximum absolute atomic E-state index is 6.77. The minimum atomic E-state index is 0.452.